The molecule has 35 heavy (non-hydrogen) atoms. The zero-order valence-electron chi connectivity index (χ0n) is 18.8. The van der Waals surface area contributed by atoms with Crippen LogP contribution in [-0.4, -0.2) is 34.0 Å². The predicted octanol–water partition coefficient (Wildman–Crippen LogP) is 5.29. The topological polar surface area (TPSA) is 87.7 Å². The monoisotopic (exact) mass is 517 g/mol. The molecule has 3 aromatic carbocycles. The summed E-state index contributed by atoms with van der Waals surface area (Å²) >= 11 is 5.88. The van der Waals surface area contributed by atoms with Crippen LogP contribution in [0.15, 0.2) is 71.6 Å². The highest BCUT2D eigenvalue weighted by Crippen LogP contribution is 2.32. The molecule has 0 aromatic heterocycles. The maximum atomic E-state index is 13.8. The fourth-order valence-electron chi connectivity index (χ4n) is 3.82. The van der Waals surface area contributed by atoms with Gasteiger partial charge in [-0.15, -0.1) is 0 Å². The molecule has 184 valence electrons. The van der Waals surface area contributed by atoms with Gasteiger partial charge < -0.3 is 15.0 Å². The molecule has 3 aromatic rings. The summed E-state index contributed by atoms with van der Waals surface area (Å²) in [6, 6.07) is 16.7. The van der Waals surface area contributed by atoms with Gasteiger partial charge in [0.05, 0.1) is 16.3 Å². The summed E-state index contributed by atoms with van der Waals surface area (Å²) in [5, 5.41) is 3.23. The van der Waals surface area contributed by atoms with Crippen LogP contribution in [0.4, 0.5) is 21.5 Å². The van der Waals surface area contributed by atoms with Gasteiger partial charge in [-0.05, 0) is 73.9 Å². The van der Waals surface area contributed by atoms with Gasteiger partial charge in [0.1, 0.15) is 0 Å². The van der Waals surface area contributed by atoms with Gasteiger partial charge in [0.25, 0.3) is 15.9 Å². The van der Waals surface area contributed by atoms with Crippen molar-refractivity contribution < 1.29 is 22.3 Å². The number of carbonyl (C=O) groups is 1. The molecule has 2 N–H and O–H groups in total. The molecule has 1 amide bonds. The molecule has 4 rings (SSSR count). The first-order valence-corrected chi connectivity index (χ1v) is 13.0. The number of carbonyl (C=O) groups excluding carboxylic acids is 1. The summed E-state index contributed by atoms with van der Waals surface area (Å²) in [5.41, 5.74) is 1.42. The van der Waals surface area contributed by atoms with Gasteiger partial charge in [-0.1, -0.05) is 23.7 Å². The molecule has 7 nitrogen and oxygen atoms in total. The van der Waals surface area contributed by atoms with Gasteiger partial charge in [0.2, 0.25) is 0 Å². The summed E-state index contributed by atoms with van der Waals surface area (Å²) < 4.78 is 47.7. The lowest BCUT2D eigenvalue weighted by Crippen LogP contribution is -2.31. The van der Waals surface area contributed by atoms with Crippen LogP contribution in [0.5, 0.6) is 5.75 Å². The lowest BCUT2D eigenvalue weighted by atomic mass is 10.1. The number of halogens is 2. The highest BCUT2D eigenvalue weighted by atomic mass is 35.5. The first-order chi connectivity index (χ1) is 16.8. The number of para-hydroxylation sites is 1. The highest BCUT2D eigenvalue weighted by molar-refractivity contribution is 7.92. The number of amides is 1. The molecular weight excluding hydrogens is 493 g/mol. The van der Waals surface area contributed by atoms with E-state index in [0.29, 0.717) is 16.4 Å². The van der Waals surface area contributed by atoms with Crippen molar-refractivity contribution in [3.8, 4) is 5.75 Å². The summed E-state index contributed by atoms with van der Waals surface area (Å²) in [6.45, 7) is 1.16. The Morgan fingerprint density at radius 3 is 2.43 bits per heavy atom. The minimum atomic E-state index is -3.94. The third kappa shape index (κ3) is 6.43. The molecule has 1 fully saturated rings. The molecule has 0 radical (unpaired) electrons. The van der Waals surface area contributed by atoms with Crippen LogP contribution in [0.3, 0.4) is 0 Å². The van der Waals surface area contributed by atoms with Crippen molar-refractivity contribution in [2.45, 2.75) is 24.2 Å². The molecule has 0 aliphatic carbocycles. The molecule has 0 atom stereocenters. The van der Waals surface area contributed by atoms with E-state index in [4.69, 9.17) is 16.3 Å². The molecule has 1 saturated heterocycles. The minimum absolute atomic E-state index is 0.0152. The summed E-state index contributed by atoms with van der Waals surface area (Å²) in [7, 11) is -3.94. The fraction of sp³-hybridized carbons (Fsp3) is 0.240. The van der Waals surface area contributed by atoms with Gasteiger partial charge in [-0.2, -0.15) is 0 Å². The number of anilines is 3. The number of hydrogen-bond donors (Lipinski definition) is 2. The number of hydrogen-bond acceptors (Lipinski definition) is 5. The lowest BCUT2D eigenvalue weighted by Gasteiger charge is -2.30. The Kier molecular flexibility index (Phi) is 7.77. The van der Waals surface area contributed by atoms with Crippen LogP contribution in [-0.2, 0) is 14.8 Å². The smallest absolute Gasteiger partial charge is 0.262 e. The molecule has 1 aliphatic heterocycles. The van der Waals surface area contributed by atoms with Gasteiger partial charge in [0, 0.05) is 23.8 Å². The second-order valence-electron chi connectivity index (χ2n) is 8.11. The third-order valence-electron chi connectivity index (χ3n) is 5.54. The summed E-state index contributed by atoms with van der Waals surface area (Å²) in [5.74, 6) is -1.15. The lowest BCUT2D eigenvalue weighted by molar-refractivity contribution is -0.118. The van der Waals surface area contributed by atoms with E-state index >= 15 is 0 Å². The molecule has 0 bridgehead atoms. The van der Waals surface area contributed by atoms with Crippen molar-refractivity contribution >= 4 is 44.6 Å². The van der Waals surface area contributed by atoms with E-state index in [0.717, 1.165) is 38.0 Å². The van der Waals surface area contributed by atoms with Crippen molar-refractivity contribution in [2.24, 2.45) is 0 Å². The molecule has 1 aliphatic rings. The van der Waals surface area contributed by atoms with Crippen LogP contribution >= 0.6 is 11.6 Å². The van der Waals surface area contributed by atoms with Gasteiger partial charge in [0.15, 0.2) is 18.2 Å². The zero-order valence-corrected chi connectivity index (χ0v) is 20.4. The first kappa shape index (κ1) is 24.8. The van der Waals surface area contributed by atoms with E-state index < -0.39 is 28.4 Å². The zero-order chi connectivity index (χ0) is 24.8. The van der Waals surface area contributed by atoms with E-state index in [2.05, 4.69) is 14.9 Å². The van der Waals surface area contributed by atoms with E-state index in [1.54, 1.807) is 36.4 Å². The predicted molar refractivity (Wildman–Crippen MR) is 135 cm³/mol. The maximum Gasteiger partial charge on any atom is 0.262 e. The molecule has 10 heteroatoms. The number of benzene rings is 3. The molecule has 0 spiro atoms. The van der Waals surface area contributed by atoms with Crippen molar-refractivity contribution in [3.63, 3.8) is 0 Å². The SMILES string of the molecule is O=C(COc1ccccc1F)Nc1cc(S(=O)(=O)Nc2ccc(Cl)cc2)ccc1N1CCCCC1. The van der Waals surface area contributed by atoms with E-state index in [9.17, 15) is 17.6 Å². The number of piperidine rings is 1. The Morgan fingerprint density at radius 2 is 1.71 bits per heavy atom. The fourth-order valence-corrected chi connectivity index (χ4v) is 5.03. The number of rotatable bonds is 8. The van der Waals surface area contributed by atoms with E-state index in [1.165, 1.54) is 30.3 Å². The number of nitrogens with one attached hydrogen (secondary N) is 2. The molecular formula is C25H25ClFN3O4S. The van der Waals surface area contributed by atoms with E-state index in [1.807, 2.05) is 0 Å². The highest BCUT2D eigenvalue weighted by Gasteiger charge is 2.21. The van der Waals surface area contributed by atoms with Crippen LogP contribution in [0.1, 0.15) is 19.3 Å². The average Bonchev–Trinajstić information content (AvgIpc) is 2.85. The van der Waals surface area contributed by atoms with Crippen molar-refractivity contribution in [1.29, 1.82) is 0 Å². The van der Waals surface area contributed by atoms with E-state index in [-0.39, 0.29) is 10.6 Å². The number of nitrogens with zero attached hydrogens (tertiary/aromatic N) is 1. The summed E-state index contributed by atoms with van der Waals surface area (Å²) in [6.07, 6.45) is 3.12. The first-order valence-electron chi connectivity index (χ1n) is 11.2. The second-order valence-corrected chi connectivity index (χ2v) is 10.2. The van der Waals surface area contributed by atoms with Crippen LogP contribution in [0, 0.1) is 5.82 Å². The van der Waals surface area contributed by atoms with Crippen molar-refractivity contribution in [1.82, 2.24) is 0 Å². The van der Waals surface area contributed by atoms with Crippen LogP contribution < -0.4 is 19.7 Å². The van der Waals surface area contributed by atoms with Gasteiger partial charge in [-0.3, -0.25) is 9.52 Å². The Hall–Kier alpha value is -3.30. The largest absolute Gasteiger partial charge is 0.481 e. The van der Waals surface area contributed by atoms with Crippen molar-refractivity contribution in [2.75, 3.05) is 34.6 Å². The number of ether oxygens (including phenoxy) is 1. The molecule has 1 heterocycles. The summed E-state index contributed by atoms with van der Waals surface area (Å²) in [4.78, 5) is 14.8. The molecule has 0 saturated carbocycles. The Morgan fingerprint density at radius 1 is 1.00 bits per heavy atom. The van der Waals surface area contributed by atoms with Gasteiger partial charge in [-0.25, -0.2) is 12.8 Å². The standard InChI is InChI=1S/C25H25ClFN3O4S/c26-18-8-10-19(11-9-18)29-35(32,33)20-12-13-23(30-14-4-1-5-15-30)22(16-20)28-25(31)17-34-24-7-3-2-6-21(24)27/h2-3,6-13,16,29H,1,4-5,14-15,17H2,(H,28,31). The van der Waals surface area contributed by atoms with Crippen LogP contribution in [0.25, 0.3) is 0 Å². The van der Waals surface area contributed by atoms with Gasteiger partial charge >= 0.3 is 0 Å². The third-order valence-corrected chi connectivity index (χ3v) is 7.17. The van der Waals surface area contributed by atoms with Crippen LogP contribution in [0.2, 0.25) is 5.02 Å². The number of sulfonamides is 1. The average molecular weight is 518 g/mol. The Bertz CT molecular complexity index is 1300. The quantitative estimate of drug-likeness (QED) is 0.424. The minimum Gasteiger partial charge on any atom is -0.481 e. The maximum absolute atomic E-state index is 13.8. The molecule has 0 unspecified atom stereocenters. The normalized spacial score (nSPS) is 13.8. The van der Waals surface area contributed by atoms with Crippen molar-refractivity contribution in [3.05, 3.63) is 77.6 Å². The Balaban J connectivity index is 1.57. The second kappa shape index (κ2) is 11.0. The Labute approximate surface area is 208 Å².